The number of rotatable bonds is 8. The number of nitrogens with one attached hydrogen (secondary N) is 2. The van der Waals surface area contributed by atoms with Crippen molar-refractivity contribution in [2.24, 2.45) is 5.73 Å². The van der Waals surface area contributed by atoms with Crippen molar-refractivity contribution in [3.05, 3.63) is 54.1 Å². The van der Waals surface area contributed by atoms with Crippen molar-refractivity contribution < 1.29 is 18.0 Å². The van der Waals surface area contributed by atoms with E-state index in [1.54, 1.807) is 30.3 Å². The lowest BCUT2D eigenvalue weighted by molar-refractivity contribution is -0.115. The molecule has 0 saturated heterocycles. The Labute approximate surface area is 161 Å². The second-order valence-electron chi connectivity index (χ2n) is 6.13. The van der Waals surface area contributed by atoms with Gasteiger partial charge in [0.05, 0.1) is 16.3 Å². The lowest BCUT2D eigenvalue weighted by Gasteiger charge is -2.11. The second-order valence-corrected chi connectivity index (χ2v) is 8.86. The first-order valence-corrected chi connectivity index (χ1v) is 10.8. The smallest absolute Gasteiger partial charge is 0.255 e. The van der Waals surface area contributed by atoms with Crippen molar-refractivity contribution >= 4 is 39.3 Å². The molecule has 0 aromatic heterocycles. The van der Waals surface area contributed by atoms with E-state index in [2.05, 4.69) is 10.0 Å². The summed E-state index contributed by atoms with van der Waals surface area (Å²) in [6.45, 7) is 0. The topological polar surface area (TPSA) is 118 Å². The molecule has 0 radical (unpaired) electrons. The highest BCUT2D eigenvalue weighted by Crippen LogP contribution is 2.27. The molecule has 0 heterocycles. The van der Waals surface area contributed by atoms with Gasteiger partial charge in [0.25, 0.3) is 5.91 Å². The van der Waals surface area contributed by atoms with Gasteiger partial charge in [-0.1, -0.05) is 18.2 Å². The summed E-state index contributed by atoms with van der Waals surface area (Å²) in [6.07, 6.45) is 1.67. The number of hydrogen-bond acceptors (Lipinski definition) is 5. The average molecular weight is 406 g/mol. The van der Waals surface area contributed by atoms with Gasteiger partial charge >= 0.3 is 0 Å². The molecule has 0 spiro atoms. The maximum Gasteiger partial charge on any atom is 0.255 e. The van der Waals surface area contributed by atoms with Gasteiger partial charge in [-0.05, 0) is 43.2 Å². The Balaban J connectivity index is 1.77. The van der Waals surface area contributed by atoms with E-state index in [0.29, 0.717) is 10.6 Å². The Hall–Kier alpha value is -2.36. The predicted octanol–water partition coefficient (Wildman–Crippen LogP) is 1.96. The van der Waals surface area contributed by atoms with Crippen LogP contribution in [0.25, 0.3) is 0 Å². The van der Waals surface area contributed by atoms with Crippen molar-refractivity contribution in [1.29, 1.82) is 0 Å². The molecule has 4 N–H and O–H groups in total. The van der Waals surface area contributed by atoms with Crippen molar-refractivity contribution in [3.63, 3.8) is 0 Å². The molecule has 1 aliphatic rings. The molecule has 1 saturated carbocycles. The molecule has 7 nitrogen and oxygen atoms in total. The Morgan fingerprint density at radius 2 is 1.85 bits per heavy atom. The normalized spacial score (nSPS) is 13.9. The third-order valence-corrected chi connectivity index (χ3v) is 6.42. The zero-order valence-electron chi connectivity index (χ0n) is 14.3. The molecular formula is C18H19N3O4S2. The minimum Gasteiger partial charge on any atom is -0.369 e. The molecule has 0 unspecified atom stereocenters. The number of nitrogens with two attached hydrogens (primary N) is 1. The van der Waals surface area contributed by atoms with Gasteiger partial charge < -0.3 is 11.1 Å². The van der Waals surface area contributed by atoms with Crippen LogP contribution in [-0.2, 0) is 14.8 Å². The summed E-state index contributed by atoms with van der Waals surface area (Å²) < 4.78 is 27.3. The molecule has 1 aliphatic carbocycles. The van der Waals surface area contributed by atoms with Gasteiger partial charge in [-0.3, -0.25) is 9.59 Å². The molecule has 2 aromatic carbocycles. The van der Waals surface area contributed by atoms with Gasteiger partial charge in [0.15, 0.2) is 0 Å². The van der Waals surface area contributed by atoms with Crippen LogP contribution in [0.15, 0.2) is 58.3 Å². The first kappa shape index (κ1) is 19.4. The molecule has 2 aromatic rings. The largest absolute Gasteiger partial charge is 0.369 e. The summed E-state index contributed by atoms with van der Waals surface area (Å²) in [5.41, 5.74) is 5.92. The molecule has 142 valence electrons. The van der Waals surface area contributed by atoms with Crippen LogP contribution in [0.3, 0.4) is 0 Å². The van der Waals surface area contributed by atoms with Crippen LogP contribution >= 0.6 is 11.8 Å². The number of sulfonamides is 1. The van der Waals surface area contributed by atoms with E-state index in [1.165, 1.54) is 30.0 Å². The van der Waals surface area contributed by atoms with Gasteiger partial charge in [0.2, 0.25) is 15.9 Å². The highest BCUT2D eigenvalue weighted by molar-refractivity contribution is 8.00. The fraction of sp³-hybridized carbons (Fsp3) is 0.222. The molecule has 0 atom stereocenters. The molecule has 1 fully saturated rings. The standard InChI is InChI=1S/C18H19N3O4S2/c19-17(22)11-26-16-7-2-1-6-15(16)20-18(23)12-4-3-5-14(10-12)27(24,25)21-13-8-9-13/h1-7,10,13,21H,8-9,11H2,(H2,19,22)(H,20,23). The van der Waals surface area contributed by atoms with E-state index in [0.717, 1.165) is 12.8 Å². The molecule has 0 bridgehead atoms. The van der Waals surface area contributed by atoms with E-state index < -0.39 is 21.8 Å². The fourth-order valence-electron chi connectivity index (χ4n) is 2.33. The molecule has 27 heavy (non-hydrogen) atoms. The molecule has 3 rings (SSSR count). The zero-order valence-corrected chi connectivity index (χ0v) is 16.0. The lowest BCUT2D eigenvalue weighted by atomic mass is 10.2. The van der Waals surface area contributed by atoms with Gasteiger partial charge in [-0.25, -0.2) is 13.1 Å². The van der Waals surface area contributed by atoms with E-state index in [-0.39, 0.29) is 22.3 Å². The van der Waals surface area contributed by atoms with Crippen LogP contribution in [0, 0.1) is 0 Å². The minimum absolute atomic E-state index is 0.0124. The highest BCUT2D eigenvalue weighted by Gasteiger charge is 2.28. The predicted molar refractivity (Wildman–Crippen MR) is 104 cm³/mol. The van der Waals surface area contributed by atoms with E-state index in [1.807, 2.05) is 0 Å². The fourth-order valence-corrected chi connectivity index (χ4v) is 4.43. The quantitative estimate of drug-likeness (QED) is 0.580. The molecule has 2 amide bonds. The SMILES string of the molecule is NC(=O)CSc1ccccc1NC(=O)c1cccc(S(=O)(=O)NC2CC2)c1. The van der Waals surface area contributed by atoms with Crippen molar-refractivity contribution in [3.8, 4) is 0 Å². The summed E-state index contributed by atoms with van der Waals surface area (Å²) in [5, 5.41) is 2.76. The number of para-hydroxylation sites is 1. The summed E-state index contributed by atoms with van der Waals surface area (Å²) in [7, 11) is -3.64. The van der Waals surface area contributed by atoms with Crippen LogP contribution < -0.4 is 15.8 Å². The van der Waals surface area contributed by atoms with Crippen molar-refractivity contribution in [1.82, 2.24) is 4.72 Å². The van der Waals surface area contributed by atoms with Crippen LogP contribution in [0.5, 0.6) is 0 Å². The number of anilines is 1. The van der Waals surface area contributed by atoms with Crippen LogP contribution in [0.4, 0.5) is 5.69 Å². The summed E-state index contributed by atoms with van der Waals surface area (Å²) in [5.74, 6) is -0.805. The second kappa shape index (κ2) is 8.12. The molecular weight excluding hydrogens is 386 g/mol. The van der Waals surface area contributed by atoms with Crippen LogP contribution in [0.2, 0.25) is 0 Å². The van der Waals surface area contributed by atoms with Crippen LogP contribution in [-0.4, -0.2) is 32.0 Å². The third kappa shape index (κ3) is 5.31. The van der Waals surface area contributed by atoms with E-state index in [9.17, 15) is 18.0 Å². The Morgan fingerprint density at radius 3 is 2.56 bits per heavy atom. The van der Waals surface area contributed by atoms with E-state index >= 15 is 0 Å². The number of benzene rings is 2. The van der Waals surface area contributed by atoms with E-state index in [4.69, 9.17) is 5.73 Å². The minimum atomic E-state index is -3.64. The van der Waals surface area contributed by atoms with Gasteiger partial charge in [-0.2, -0.15) is 0 Å². The first-order chi connectivity index (χ1) is 12.8. The van der Waals surface area contributed by atoms with Crippen molar-refractivity contribution in [2.45, 2.75) is 28.7 Å². The summed E-state index contributed by atoms with van der Waals surface area (Å²) in [6, 6.07) is 12.9. The van der Waals surface area contributed by atoms with Crippen LogP contribution in [0.1, 0.15) is 23.2 Å². The first-order valence-electron chi connectivity index (χ1n) is 8.29. The lowest BCUT2D eigenvalue weighted by Crippen LogP contribution is -2.26. The Kier molecular flexibility index (Phi) is 5.83. The Morgan fingerprint density at radius 1 is 1.11 bits per heavy atom. The van der Waals surface area contributed by atoms with Gasteiger partial charge in [0, 0.05) is 16.5 Å². The number of primary amides is 1. The molecule has 0 aliphatic heterocycles. The highest BCUT2D eigenvalue weighted by atomic mass is 32.2. The number of hydrogen-bond donors (Lipinski definition) is 3. The third-order valence-electron chi connectivity index (χ3n) is 3.81. The number of carbonyl (C=O) groups excluding carboxylic acids is 2. The number of amides is 2. The number of thioether (sulfide) groups is 1. The zero-order chi connectivity index (χ0) is 19.4. The monoisotopic (exact) mass is 405 g/mol. The van der Waals surface area contributed by atoms with Crippen molar-refractivity contribution in [2.75, 3.05) is 11.1 Å². The number of carbonyl (C=O) groups is 2. The molecule has 9 heteroatoms. The average Bonchev–Trinajstić information content (AvgIpc) is 3.44. The summed E-state index contributed by atoms with van der Waals surface area (Å²) in [4.78, 5) is 24.3. The van der Waals surface area contributed by atoms with Gasteiger partial charge in [0.1, 0.15) is 0 Å². The Bertz CT molecular complexity index is 972. The maximum absolute atomic E-state index is 12.6. The maximum atomic E-state index is 12.6. The van der Waals surface area contributed by atoms with Gasteiger partial charge in [-0.15, -0.1) is 11.8 Å². The summed E-state index contributed by atoms with van der Waals surface area (Å²) >= 11 is 1.22.